The zero-order valence-electron chi connectivity index (χ0n) is 19.1. The second-order valence-electron chi connectivity index (χ2n) is 7.06. The summed E-state index contributed by atoms with van der Waals surface area (Å²) < 4.78 is 5.30. The highest BCUT2D eigenvalue weighted by Gasteiger charge is 2.30. The van der Waals surface area contributed by atoms with Crippen molar-refractivity contribution in [2.45, 2.75) is 20.8 Å². The average molecular weight is 445 g/mol. The first-order valence-electron chi connectivity index (χ1n) is 10.6. The van der Waals surface area contributed by atoms with Crippen molar-refractivity contribution < 1.29 is 9.53 Å². The zero-order chi connectivity index (χ0) is 23.1. The fourth-order valence-electron chi connectivity index (χ4n) is 3.11. The summed E-state index contributed by atoms with van der Waals surface area (Å²) in [6, 6.07) is 24.0. The Morgan fingerprint density at radius 3 is 2.28 bits per heavy atom. The van der Waals surface area contributed by atoms with Gasteiger partial charge in [-0.25, -0.2) is 4.99 Å². The molecule has 0 unspecified atom stereocenters. The summed E-state index contributed by atoms with van der Waals surface area (Å²) >= 11 is 1.40. The van der Waals surface area contributed by atoms with Crippen LogP contribution in [0.2, 0.25) is 0 Å². The van der Waals surface area contributed by atoms with Gasteiger partial charge in [0.05, 0.1) is 17.7 Å². The Kier molecular flexibility index (Phi) is 7.90. The third-order valence-electron chi connectivity index (χ3n) is 4.87. The lowest BCUT2D eigenvalue weighted by molar-refractivity contribution is -0.121. The maximum Gasteiger partial charge on any atom is 0.266 e. The Labute approximate surface area is 194 Å². The van der Waals surface area contributed by atoms with Crippen LogP contribution in [-0.4, -0.2) is 30.1 Å². The number of amidine groups is 1. The number of nitrogens with zero attached hydrogens (tertiary/aromatic N) is 2. The summed E-state index contributed by atoms with van der Waals surface area (Å²) in [5.41, 5.74) is 5.18. The summed E-state index contributed by atoms with van der Waals surface area (Å²) in [6.45, 7) is 6.04. The quantitative estimate of drug-likeness (QED) is 0.410. The number of aliphatic imine (C=N–C) groups is 1. The van der Waals surface area contributed by atoms with Crippen LogP contribution in [0.3, 0.4) is 0 Å². The number of rotatable bonds is 4. The van der Waals surface area contributed by atoms with Gasteiger partial charge in [-0.15, -0.1) is 0 Å². The first-order chi connectivity index (χ1) is 15.5. The van der Waals surface area contributed by atoms with Crippen LogP contribution in [0.15, 0.2) is 82.7 Å². The number of hydrogen-bond donors (Lipinski definition) is 0. The molecule has 5 heteroatoms. The predicted octanol–water partition coefficient (Wildman–Crippen LogP) is 6.93. The normalized spacial score (nSPS) is 15.7. The van der Waals surface area contributed by atoms with E-state index in [4.69, 9.17) is 4.74 Å². The minimum absolute atomic E-state index is 0.0391. The number of hydrogen-bond acceptors (Lipinski definition) is 4. The molecule has 1 amide bonds. The Morgan fingerprint density at radius 1 is 0.938 bits per heavy atom. The number of aryl methyl sites for hydroxylation is 1. The van der Waals surface area contributed by atoms with E-state index in [0.29, 0.717) is 10.1 Å². The monoisotopic (exact) mass is 444 g/mol. The van der Waals surface area contributed by atoms with Crippen LogP contribution in [0, 0.1) is 6.92 Å². The maximum atomic E-state index is 12.7. The number of carbonyl (C=O) groups is 1. The molecule has 3 aromatic carbocycles. The van der Waals surface area contributed by atoms with E-state index in [1.165, 1.54) is 17.3 Å². The lowest BCUT2D eigenvalue weighted by Crippen LogP contribution is -2.23. The minimum atomic E-state index is -0.0391. The fraction of sp³-hybridized carbons (Fsp3) is 0.185. The van der Waals surface area contributed by atoms with Gasteiger partial charge in [0.1, 0.15) is 5.75 Å². The van der Waals surface area contributed by atoms with Crippen molar-refractivity contribution in [3.05, 3.63) is 88.8 Å². The topological polar surface area (TPSA) is 41.9 Å². The SMILES string of the molecule is CC.COc1cccc(-c2ccc(/C=C3\SC(=Nc4ccc(C)cc4)N(C)C3=O)cc2)c1. The molecular formula is C27H28N2O2S. The van der Waals surface area contributed by atoms with E-state index in [0.717, 1.165) is 28.1 Å². The number of methoxy groups -OCH3 is 1. The molecule has 3 aromatic rings. The number of likely N-dealkylation sites (N-methyl/N-ethyl adjacent to an activating group) is 1. The second-order valence-corrected chi connectivity index (χ2v) is 8.07. The number of benzene rings is 3. The minimum Gasteiger partial charge on any atom is -0.497 e. The molecule has 1 heterocycles. The smallest absolute Gasteiger partial charge is 0.266 e. The second kappa shape index (κ2) is 10.8. The van der Waals surface area contributed by atoms with Gasteiger partial charge in [-0.1, -0.05) is 67.9 Å². The van der Waals surface area contributed by atoms with Gasteiger partial charge in [-0.2, -0.15) is 0 Å². The number of thioether (sulfide) groups is 1. The molecule has 0 spiro atoms. The van der Waals surface area contributed by atoms with Gasteiger partial charge in [0.15, 0.2) is 5.17 Å². The first-order valence-corrected chi connectivity index (χ1v) is 11.4. The molecular weight excluding hydrogens is 416 g/mol. The molecule has 0 saturated carbocycles. The average Bonchev–Trinajstić information content (AvgIpc) is 3.10. The molecule has 164 valence electrons. The lowest BCUT2D eigenvalue weighted by Gasteiger charge is -2.07. The van der Waals surface area contributed by atoms with Crippen LogP contribution >= 0.6 is 11.8 Å². The zero-order valence-corrected chi connectivity index (χ0v) is 19.9. The molecule has 32 heavy (non-hydrogen) atoms. The molecule has 1 aliphatic heterocycles. The van der Waals surface area contributed by atoms with E-state index in [1.807, 2.05) is 81.4 Å². The molecule has 0 aliphatic carbocycles. The first kappa shape index (κ1) is 23.4. The molecule has 4 rings (SSSR count). The Hall–Kier alpha value is -3.31. The predicted molar refractivity (Wildman–Crippen MR) is 136 cm³/mol. The highest BCUT2D eigenvalue weighted by Crippen LogP contribution is 2.33. The van der Waals surface area contributed by atoms with Gasteiger partial charge in [0.25, 0.3) is 5.91 Å². The Bertz CT molecular complexity index is 1130. The van der Waals surface area contributed by atoms with E-state index in [2.05, 4.69) is 23.2 Å². The van der Waals surface area contributed by atoms with E-state index in [9.17, 15) is 4.79 Å². The molecule has 1 aliphatic rings. The number of amides is 1. The van der Waals surface area contributed by atoms with Crippen molar-refractivity contribution in [1.82, 2.24) is 4.90 Å². The van der Waals surface area contributed by atoms with Crippen LogP contribution in [0.1, 0.15) is 25.0 Å². The Morgan fingerprint density at radius 2 is 1.62 bits per heavy atom. The summed E-state index contributed by atoms with van der Waals surface area (Å²) in [6.07, 6.45) is 1.91. The maximum absolute atomic E-state index is 12.7. The summed E-state index contributed by atoms with van der Waals surface area (Å²) in [4.78, 5) is 19.6. The summed E-state index contributed by atoms with van der Waals surface area (Å²) in [5.74, 6) is 0.790. The highest BCUT2D eigenvalue weighted by molar-refractivity contribution is 8.18. The van der Waals surface area contributed by atoms with Crippen molar-refractivity contribution in [2.24, 2.45) is 4.99 Å². The van der Waals surface area contributed by atoms with Crippen LogP contribution in [0.25, 0.3) is 17.2 Å². The van der Waals surface area contributed by atoms with Gasteiger partial charge >= 0.3 is 0 Å². The largest absolute Gasteiger partial charge is 0.497 e. The summed E-state index contributed by atoms with van der Waals surface area (Å²) in [5, 5.41) is 0.683. The van der Waals surface area contributed by atoms with Gasteiger partial charge < -0.3 is 4.74 Å². The molecule has 1 saturated heterocycles. The standard InChI is InChI=1S/C25H22N2O2S.C2H6/c1-17-7-13-21(14-8-17)26-25-27(2)24(28)23(30-25)15-18-9-11-19(12-10-18)20-5-4-6-22(16-20)29-3;1-2/h4-16H,1-3H3;1-2H3/b23-15-,26-25?;. The van der Waals surface area contributed by atoms with Crippen molar-refractivity contribution in [3.63, 3.8) is 0 Å². The van der Waals surface area contributed by atoms with Crippen molar-refractivity contribution in [2.75, 3.05) is 14.2 Å². The van der Waals surface area contributed by atoms with E-state index >= 15 is 0 Å². The van der Waals surface area contributed by atoms with E-state index < -0.39 is 0 Å². The summed E-state index contributed by atoms with van der Waals surface area (Å²) in [7, 11) is 3.42. The van der Waals surface area contributed by atoms with Crippen LogP contribution in [-0.2, 0) is 4.79 Å². The Balaban J connectivity index is 0.00000141. The van der Waals surface area contributed by atoms with Crippen molar-refractivity contribution in [1.29, 1.82) is 0 Å². The molecule has 0 atom stereocenters. The molecule has 0 radical (unpaired) electrons. The van der Waals surface area contributed by atoms with E-state index in [-0.39, 0.29) is 5.91 Å². The van der Waals surface area contributed by atoms with Crippen LogP contribution in [0.4, 0.5) is 5.69 Å². The van der Waals surface area contributed by atoms with Crippen LogP contribution in [0.5, 0.6) is 5.75 Å². The van der Waals surface area contributed by atoms with Crippen molar-refractivity contribution >= 4 is 34.6 Å². The number of ether oxygens (including phenoxy) is 1. The van der Waals surface area contributed by atoms with Crippen molar-refractivity contribution in [3.8, 4) is 16.9 Å². The molecule has 4 nitrogen and oxygen atoms in total. The van der Waals surface area contributed by atoms with Crippen LogP contribution < -0.4 is 4.74 Å². The number of carbonyl (C=O) groups excluding carboxylic acids is 1. The molecule has 0 aromatic heterocycles. The van der Waals surface area contributed by atoms with Gasteiger partial charge in [0.2, 0.25) is 0 Å². The van der Waals surface area contributed by atoms with Gasteiger partial charge in [0, 0.05) is 7.05 Å². The van der Waals surface area contributed by atoms with E-state index in [1.54, 1.807) is 19.1 Å². The fourth-order valence-corrected chi connectivity index (χ4v) is 4.09. The third kappa shape index (κ3) is 5.48. The molecule has 0 N–H and O–H groups in total. The third-order valence-corrected chi connectivity index (χ3v) is 5.93. The highest BCUT2D eigenvalue weighted by atomic mass is 32.2. The van der Waals surface area contributed by atoms with Gasteiger partial charge in [-0.05, 0) is 65.7 Å². The van der Waals surface area contributed by atoms with Gasteiger partial charge in [-0.3, -0.25) is 9.69 Å². The molecule has 1 fully saturated rings. The lowest BCUT2D eigenvalue weighted by atomic mass is 10.0. The molecule has 0 bridgehead atoms.